The van der Waals surface area contributed by atoms with Gasteiger partial charge in [0, 0.05) is 24.2 Å². The Bertz CT molecular complexity index is 458. The van der Waals surface area contributed by atoms with Crippen molar-refractivity contribution in [3.8, 4) is 0 Å². The second-order valence-electron chi connectivity index (χ2n) is 6.95. The molecule has 1 aromatic carbocycles. The van der Waals surface area contributed by atoms with E-state index in [0.717, 1.165) is 12.1 Å². The second kappa shape index (κ2) is 5.82. The molecular weight excluding hydrogens is 251 g/mol. The Morgan fingerprint density at radius 3 is 2.60 bits per heavy atom. The molecule has 1 fully saturated rings. The Labute approximate surface area is 122 Å². The van der Waals surface area contributed by atoms with Gasteiger partial charge < -0.3 is 5.73 Å². The fourth-order valence-electron chi connectivity index (χ4n) is 3.33. The zero-order valence-electron chi connectivity index (χ0n) is 13.1. The summed E-state index contributed by atoms with van der Waals surface area (Å²) in [6.45, 7) is 7.49. The van der Waals surface area contributed by atoms with Gasteiger partial charge in [-0.15, -0.1) is 0 Å². The van der Waals surface area contributed by atoms with Crippen LogP contribution in [0.5, 0.6) is 0 Å². The molecule has 0 radical (unpaired) electrons. The van der Waals surface area contributed by atoms with Crippen LogP contribution in [-0.4, -0.2) is 24.5 Å². The van der Waals surface area contributed by atoms with Gasteiger partial charge in [0.25, 0.3) is 0 Å². The quantitative estimate of drug-likeness (QED) is 0.912. The summed E-state index contributed by atoms with van der Waals surface area (Å²) < 4.78 is 13.9. The van der Waals surface area contributed by atoms with Gasteiger partial charge in [-0.25, -0.2) is 4.39 Å². The summed E-state index contributed by atoms with van der Waals surface area (Å²) in [6.07, 6.45) is 2.35. The number of nitrogens with zero attached hydrogens (tertiary/aromatic N) is 1. The number of nitrogens with two attached hydrogens (primary N) is 1. The van der Waals surface area contributed by atoms with Crippen LogP contribution in [0.25, 0.3) is 0 Å². The minimum atomic E-state index is -0.122. The van der Waals surface area contributed by atoms with Crippen LogP contribution in [0.2, 0.25) is 0 Å². The second-order valence-corrected chi connectivity index (χ2v) is 6.95. The molecule has 20 heavy (non-hydrogen) atoms. The van der Waals surface area contributed by atoms with Crippen molar-refractivity contribution in [2.45, 2.75) is 45.7 Å². The van der Waals surface area contributed by atoms with Crippen molar-refractivity contribution < 1.29 is 4.39 Å². The zero-order chi connectivity index (χ0) is 14.9. The molecule has 0 aromatic heterocycles. The molecule has 3 heteroatoms. The van der Waals surface area contributed by atoms with Crippen molar-refractivity contribution >= 4 is 0 Å². The van der Waals surface area contributed by atoms with E-state index in [1.54, 1.807) is 6.07 Å². The van der Waals surface area contributed by atoms with Crippen molar-refractivity contribution in [1.29, 1.82) is 0 Å². The van der Waals surface area contributed by atoms with Gasteiger partial charge in [0.05, 0.1) is 0 Å². The fraction of sp³-hybridized carbons (Fsp3) is 0.647. The van der Waals surface area contributed by atoms with Crippen molar-refractivity contribution in [2.75, 3.05) is 13.6 Å². The highest BCUT2D eigenvalue weighted by Crippen LogP contribution is 2.40. The SMILES string of the molecule is CC(c1ccccc1F)N(C)CC1CCC(C)(C)C1N. The molecule has 2 nitrogen and oxygen atoms in total. The van der Waals surface area contributed by atoms with E-state index in [1.165, 1.54) is 18.9 Å². The lowest BCUT2D eigenvalue weighted by Crippen LogP contribution is -2.41. The summed E-state index contributed by atoms with van der Waals surface area (Å²) in [7, 11) is 2.06. The smallest absolute Gasteiger partial charge is 0.127 e. The van der Waals surface area contributed by atoms with E-state index in [-0.39, 0.29) is 23.3 Å². The largest absolute Gasteiger partial charge is 0.327 e. The molecule has 0 bridgehead atoms. The van der Waals surface area contributed by atoms with Gasteiger partial charge in [-0.3, -0.25) is 4.90 Å². The Balaban J connectivity index is 2.02. The first-order chi connectivity index (χ1) is 9.33. The lowest BCUT2D eigenvalue weighted by Gasteiger charge is -2.32. The number of benzene rings is 1. The monoisotopic (exact) mass is 278 g/mol. The average molecular weight is 278 g/mol. The van der Waals surface area contributed by atoms with Gasteiger partial charge in [-0.05, 0) is 44.2 Å². The topological polar surface area (TPSA) is 29.3 Å². The summed E-state index contributed by atoms with van der Waals surface area (Å²) in [4.78, 5) is 2.23. The van der Waals surface area contributed by atoms with E-state index in [9.17, 15) is 4.39 Å². The summed E-state index contributed by atoms with van der Waals surface area (Å²) in [5.74, 6) is 0.382. The molecule has 0 heterocycles. The number of hydrogen-bond acceptors (Lipinski definition) is 2. The molecule has 0 saturated heterocycles. The summed E-state index contributed by atoms with van der Waals surface area (Å²) in [5.41, 5.74) is 7.37. The maximum Gasteiger partial charge on any atom is 0.127 e. The van der Waals surface area contributed by atoms with Gasteiger partial charge in [0.15, 0.2) is 0 Å². The molecule has 0 amide bonds. The van der Waals surface area contributed by atoms with Crippen LogP contribution in [-0.2, 0) is 0 Å². The van der Waals surface area contributed by atoms with Crippen molar-refractivity contribution in [3.05, 3.63) is 35.6 Å². The molecular formula is C17H27FN2. The van der Waals surface area contributed by atoms with Crippen LogP contribution in [0, 0.1) is 17.2 Å². The Kier molecular flexibility index (Phi) is 4.50. The van der Waals surface area contributed by atoms with Gasteiger partial charge in [0.2, 0.25) is 0 Å². The predicted molar refractivity (Wildman–Crippen MR) is 81.9 cm³/mol. The van der Waals surface area contributed by atoms with E-state index >= 15 is 0 Å². The summed E-state index contributed by atoms with van der Waals surface area (Å²) >= 11 is 0. The molecule has 1 saturated carbocycles. The minimum absolute atomic E-state index is 0.0760. The first-order valence-corrected chi connectivity index (χ1v) is 7.53. The van der Waals surface area contributed by atoms with E-state index in [2.05, 4.69) is 32.7 Å². The van der Waals surface area contributed by atoms with Crippen LogP contribution in [0.15, 0.2) is 24.3 Å². The van der Waals surface area contributed by atoms with Crippen LogP contribution < -0.4 is 5.73 Å². The average Bonchev–Trinajstić information content (AvgIpc) is 2.65. The van der Waals surface area contributed by atoms with Gasteiger partial charge >= 0.3 is 0 Å². The third-order valence-electron chi connectivity index (χ3n) is 5.11. The predicted octanol–water partition coefficient (Wildman–Crippen LogP) is 3.58. The Morgan fingerprint density at radius 2 is 2.05 bits per heavy atom. The third kappa shape index (κ3) is 3.04. The molecule has 0 spiro atoms. The zero-order valence-corrected chi connectivity index (χ0v) is 13.1. The van der Waals surface area contributed by atoms with Crippen LogP contribution >= 0.6 is 0 Å². The maximum absolute atomic E-state index is 13.9. The standard InChI is InChI=1S/C17H27FN2/c1-12(14-7-5-6-8-15(14)18)20(4)11-13-9-10-17(2,3)16(13)19/h5-8,12-13,16H,9-11,19H2,1-4H3. The van der Waals surface area contributed by atoms with Gasteiger partial charge in [0.1, 0.15) is 5.82 Å². The highest BCUT2D eigenvalue weighted by molar-refractivity contribution is 5.20. The summed E-state index contributed by atoms with van der Waals surface area (Å²) in [6, 6.07) is 7.35. The fourth-order valence-corrected chi connectivity index (χ4v) is 3.33. The molecule has 1 aliphatic carbocycles. The lowest BCUT2D eigenvalue weighted by molar-refractivity contribution is 0.193. The van der Waals surface area contributed by atoms with Gasteiger partial charge in [-0.2, -0.15) is 0 Å². The Hall–Kier alpha value is -0.930. The van der Waals surface area contributed by atoms with Crippen molar-refractivity contribution in [1.82, 2.24) is 4.90 Å². The van der Waals surface area contributed by atoms with Crippen LogP contribution in [0.3, 0.4) is 0 Å². The lowest BCUT2D eigenvalue weighted by atomic mass is 9.85. The number of hydrogen-bond donors (Lipinski definition) is 1. The highest BCUT2D eigenvalue weighted by atomic mass is 19.1. The maximum atomic E-state index is 13.9. The highest BCUT2D eigenvalue weighted by Gasteiger charge is 2.39. The molecule has 2 rings (SSSR count). The van der Waals surface area contributed by atoms with Gasteiger partial charge in [-0.1, -0.05) is 32.0 Å². The third-order valence-corrected chi connectivity index (χ3v) is 5.11. The van der Waals surface area contributed by atoms with Crippen molar-refractivity contribution in [2.24, 2.45) is 17.1 Å². The first-order valence-electron chi connectivity index (χ1n) is 7.53. The molecule has 1 aromatic rings. The number of halogens is 1. The Morgan fingerprint density at radius 1 is 1.40 bits per heavy atom. The van der Waals surface area contributed by atoms with E-state index in [4.69, 9.17) is 5.73 Å². The molecule has 2 N–H and O–H groups in total. The summed E-state index contributed by atoms with van der Waals surface area (Å²) in [5, 5.41) is 0. The van der Waals surface area contributed by atoms with E-state index < -0.39 is 0 Å². The molecule has 3 atom stereocenters. The normalized spacial score (nSPS) is 26.9. The molecule has 3 unspecified atom stereocenters. The van der Waals surface area contributed by atoms with Crippen molar-refractivity contribution in [3.63, 3.8) is 0 Å². The minimum Gasteiger partial charge on any atom is -0.327 e. The van der Waals surface area contributed by atoms with Crippen LogP contribution in [0.1, 0.15) is 45.2 Å². The molecule has 1 aliphatic rings. The molecule has 112 valence electrons. The molecule has 0 aliphatic heterocycles. The first kappa shape index (κ1) is 15.5. The van der Waals surface area contributed by atoms with E-state index in [0.29, 0.717) is 5.92 Å². The van der Waals surface area contributed by atoms with E-state index in [1.807, 2.05) is 12.1 Å². The number of rotatable bonds is 4. The van der Waals surface area contributed by atoms with Crippen LogP contribution in [0.4, 0.5) is 4.39 Å².